The van der Waals surface area contributed by atoms with Crippen LogP contribution in [0.15, 0.2) is 47.8 Å². The van der Waals surface area contributed by atoms with Crippen molar-refractivity contribution in [2.24, 2.45) is 0 Å². The van der Waals surface area contributed by atoms with Crippen LogP contribution in [0.1, 0.15) is 0 Å². The molecule has 9 heteroatoms. The number of thiazole rings is 1. The zero-order chi connectivity index (χ0) is 22.5. The number of carbonyl (C=O) groups is 1. The minimum atomic E-state index is -0.0893. The summed E-state index contributed by atoms with van der Waals surface area (Å²) in [6.45, 7) is 3.52. The van der Waals surface area contributed by atoms with Crippen molar-refractivity contribution in [3.63, 3.8) is 0 Å². The SMILES string of the molecule is COc1cccc(-c2csc(N3CCN(CC(=O)Nc4cc(Cl)ccc4OC)CC3)n2)c1. The fourth-order valence-electron chi connectivity index (χ4n) is 3.59. The summed E-state index contributed by atoms with van der Waals surface area (Å²) in [4.78, 5) is 21.8. The number of halogens is 1. The highest BCUT2D eigenvalue weighted by Gasteiger charge is 2.22. The summed E-state index contributed by atoms with van der Waals surface area (Å²) in [6.07, 6.45) is 0. The van der Waals surface area contributed by atoms with E-state index in [-0.39, 0.29) is 5.91 Å². The molecule has 1 amide bonds. The predicted octanol–water partition coefficient (Wildman–Crippen LogP) is 4.24. The molecular weight excluding hydrogens is 448 g/mol. The second-order valence-electron chi connectivity index (χ2n) is 7.40. The third-order valence-corrected chi connectivity index (χ3v) is 6.44. The maximum atomic E-state index is 12.5. The first-order valence-electron chi connectivity index (χ1n) is 10.3. The Morgan fingerprint density at radius 3 is 2.69 bits per heavy atom. The van der Waals surface area contributed by atoms with Crippen LogP contribution in [0, 0.1) is 0 Å². The van der Waals surface area contributed by atoms with Gasteiger partial charge in [0.2, 0.25) is 5.91 Å². The number of carbonyl (C=O) groups excluding carboxylic acids is 1. The molecule has 7 nitrogen and oxygen atoms in total. The maximum Gasteiger partial charge on any atom is 0.238 e. The second kappa shape index (κ2) is 10.2. The molecule has 1 aromatic heterocycles. The third-order valence-electron chi connectivity index (χ3n) is 5.30. The summed E-state index contributed by atoms with van der Waals surface area (Å²) in [6, 6.07) is 13.1. The van der Waals surface area contributed by atoms with Gasteiger partial charge in [0, 0.05) is 42.1 Å². The van der Waals surface area contributed by atoms with Gasteiger partial charge in [-0.25, -0.2) is 4.98 Å². The zero-order valence-corrected chi connectivity index (χ0v) is 19.6. The van der Waals surface area contributed by atoms with Crippen molar-refractivity contribution in [3.8, 4) is 22.8 Å². The largest absolute Gasteiger partial charge is 0.497 e. The highest BCUT2D eigenvalue weighted by atomic mass is 35.5. The Morgan fingerprint density at radius 1 is 1.12 bits per heavy atom. The van der Waals surface area contributed by atoms with Crippen LogP contribution in [0.2, 0.25) is 5.02 Å². The Balaban J connectivity index is 1.31. The van der Waals surface area contributed by atoms with E-state index in [0.717, 1.165) is 48.3 Å². The number of methoxy groups -OCH3 is 2. The molecule has 0 atom stereocenters. The first-order chi connectivity index (χ1) is 15.6. The Morgan fingerprint density at radius 2 is 1.94 bits per heavy atom. The highest BCUT2D eigenvalue weighted by Crippen LogP contribution is 2.30. The van der Waals surface area contributed by atoms with E-state index < -0.39 is 0 Å². The molecule has 2 aromatic carbocycles. The molecule has 0 spiro atoms. The number of amides is 1. The minimum Gasteiger partial charge on any atom is -0.497 e. The fraction of sp³-hybridized carbons (Fsp3) is 0.304. The molecule has 1 saturated heterocycles. The number of benzene rings is 2. The average Bonchev–Trinajstić information content (AvgIpc) is 3.30. The molecule has 0 bridgehead atoms. The molecule has 168 valence electrons. The van der Waals surface area contributed by atoms with E-state index in [9.17, 15) is 4.79 Å². The van der Waals surface area contributed by atoms with Gasteiger partial charge >= 0.3 is 0 Å². The smallest absolute Gasteiger partial charge is 0.238 e. The van der Waals surface area contributed by atoms with Crippen LogP contribution < -0.4 is 19.7 Å². The van der Waals surface area contributed by atoms with Gasteiger partial charge in [-0.3, -0.25) is 9.69 Å². The van der Waals surface area contributed by atoms with Gasteiger partial charge in [0.1, 0.15) is 11.5 Å². The molecule has 1 N–H and O–H groups in total. The van der Waals surface area contributed by atoms with Gasteiger partial charge in [0.05, 0.1) is 32.1 Å². The van der Waals surface area contributed by atoms with E-state index in [4.69, 9.17) is 26.1 Å². The molecule has 1 aliphatic rings. The summed E-state index contributed by atoms with van der Waals surface area (Å²) in [5, 5.41) is 6.51. The molecule has 32 heavy (non-hydrogen) atoms. The minimum absolute atomic E-state index is 0.0893. The molecule has 0 saturated carbocycles. The number of anilines is 2. The third kappa shape index (κ3) is 5.32. The Kier molecular flexibility index (Phi) is 7.14. The molecular formula is C23H25ClN4O3S. The van der Waals surface area contributed by atoms with Crippen molar-refractivity contribution < 1.29 is 14.3 Å². The van der Waals surface area contributed by atoms with Crippen LogP contribution in [-0.2, 0) is 4.79 Å². The number of nitrogens with zero attached hydrogens (tertiary/aromatic N) is 3. The molecule has 2 heterocycles. The summed E-state index contributed by atoms with van der Waals surface area (Å²) in [7, 11) is 3.23. The van der Waals surface area contributed by atoms with Crippen molar-refractivity contribution in [3.05, 3.63) is 52.9 Å². The molecule has 0 unspecified atom stereocenters. The lowest BCUT2D eigenvalue weighted by Gasteiger charge is -2.34. The Labute approximate surface area is 196 Å². The first-order valence-corrected chi connectivity index (χ1v) is 11.5. The summed E-state index contributed by atoms with van der Waals surface area (Å²) in [5.74, 6) is 1.32. The summed E-state index contributed by atoms with van der Waals surface area (Å²) < 4.78 is 10.6. The van der Waals surface area contributed by atoms with Crippen LogP contribution in [0.3, 0.4) is 0 Å². The Hall–Kier alpha value is -2.81. The molecule has 0 radical (unpaired) electrons. The van der Waals surface area contributed by atoms with Crippen molar-refractivity contribution in [1.82, 2.24) is 9.88 Å². The van der Waals surface area contributed by atoms with E-state index in [1.54, 1.807) is 43.8 Å². The monoisotopic (exact) mass is 472 g/mol. The molecule has 0 aliphatic carbocycles. The van der Waals surface area contributed by atoms with Crippen molar-refractivity contribution in [2.75, 3.05) is 57.2 Å². The van der Waals surface area contributed by atoms with Gasteiger partial charge in [0.15, 0.2) is 5.13 Å². The molecule has 1 aliphatic heterocycles. The van der Waals surface area contributed by atoms with Crippen LogP contribution in [0.5, 0.6) is 11.5 Å². The standard InChI is InChI=1S/C23H25ClN4O3S/c1-30-18-5-3-4-16(12-18)20-15-32-23(26-20)28-10-8-27(9-11-28)14-22(29)25-19-13-17(24)6-7-21(19)31-2/h3-7,12-13,15H,8-11,14H2,1-2H3,(H,25,29). The van der Waals surface area contributed by atoms with Crippen LogP contribution in [0.4, 0.5) is 10.8 Å². The average molecular weight is 473 g/mol. The van der Waals surface area contributed by atoms with Crippen molar-refractivity contribution in [2.45, 2.75) is 0 Å². The van der Waals surface area contributed by atoms with Gasteiger partial charge in [0.25, 0.3) is 0 Å². The van der Waals surface area contributed by atoms with Gasteiger partial charge in [-0.1, -0.05) is 23.7 Å². The fourth-order valence-corrected chi connectivity index (χ4v) is 4.65. The van der Waals surface area contributed by atoms with Gasteiger partial charge in [-0.15, -0.1) is 11.3 Å². The summed E-state index contributed by atoms with van der Waals surface area (Å²) in [5.41, 5.74) is 2.57. The molecule has 1 fully saturated rings. The van der Waals surface area contributed by atoms with Crippen molar-refractivity contribution in [1.29, 1.82) is 0 Å². The predicted molar refractivity (Wildman–Crippen MR) is 129 cm³/mol. The number of rotatable bonds is 7. The molecule has 4 rings (SSSR count). The first kappa shape index (κ1) is 22.4. The zero-order valence-electron chi connectivity index (χ0n) is 18.0. The number of nitrogens with one attached hydrogen (secondary N) is 1. The van der Waals surface area contributed by atoms with E-state index in [0.29, 0.717) is 23.0 Å². The normalized spacial score (nSPS) is 14.3. The number of hydrogen-bond acceptors (Lipinski definition) is 7. The topological polar surface area (TPSA) is 66.9 Å². The van der Waals surface area contributed by atoms with E-state index >= 15 is 0 Å². The van der Waals surface area contributed by atoms with Gasteiger partial charge < -0.3 is 19.7 Å². The van der Waals surface area contributed by atoms with Gasteiger partial charge in [-0.05, 0) is 30.3 Å². The molecule has 3 aromatic rings. The second-order valence-corrected chi connectivity index (χ2v) is 8.68. The van der Waals surface area contributed by atoms with Crippen molar-refractivity contribution >= 4 is 39.7 Å². The van der Waals surface area contributed by atoms with Gasteiger partial charge in [-0.2, -0.15) is 0 Å². The lowest BCUT2D eigenvalue weighted by molar-refractivity contribution is -0.117. The number of piperazine rings is 1. The number of ether oxygens (including phenoxy) is 2. The van der Waals surface area contributed by atoms with E-state index in [1.165, 1.54) is 0 Å². The number of aromatic nitrogens is 1. The lowest BCUT2D eigenvalue weighted by Crippen LogP contribution is -2.48. The Bertz CT molecular complexity index is 1080. The quantitative estimate of drug-likeness (QED) is 0.554. The van der Waals surface area contributed by atoms with E-state index in [1.807, 2.05) is 24.3 Å². The lowest BCUT2D eigenvalue weighted by atomic mass is 10.2. The van der Waals surface area contributed by atoms with E-state index in [2.05, 4.69) is 20.5 Å². The number of hydrogen-bond donors (Lipinski definition) is 1. The van der Waals surface area contributed by atoms with Crippen LogP contribution in [-0.4, -0.2) is 62.7 Å². The maximum absolute atomic E-state index is 12.5. The van der Waals surface area contributed by atoms with Crippen LogP contribution >= 0.6 is 22.9 Å². The van der Waals surface area contributed by atoms with Crippen LogP contribution in [0.25, 0.3) is 11.3 Å². The highest BCUT2D eigenvalue weighted by molar-refractivity contribution is 7.14. The summed E-state index contributed by atoms with van der Waals surface area (Å²) >= 11 is 7.68.